The number of alkyl halides is 3. The molecule has 26 heavy (non-hydrogen) atoms. The third kappa shape index (κ3) is 4.51. The minimum atomic E-state index is -4.70. The molecule has 0 N–H and O–H groups in total. The second-order valence-corrected chi connectivity index (χ2v) is 6.87. The molecule has 2 aromatic rings. The SMILES string of the molecule is CC(C)N(Cc1ccc(-c2noc(C(F)(F)F)n2)s1)C(=O)N(C)CC#N. The third-order valence-electron chi connectivity index (χ3n) is 3.38. The molecule has 2 aromatic heterocycles. The van der Waals surface area contributed by atoms with Crippen LogP contribution in [-0.2, 0) is 12.7 Å². The Kier molecular flexibility index (Phi) is 5.86. The number of urea groups is 1. The average Bonchev–Trinajstić information content (AvgIpc) is 3.20. The molecule has 0 saturated heterocycles. The number of nitriles is 1. The Morgan fingerprint density at radius 2 is 2.12 bits per heavy atom. The molecule has 2 heterocycles. The zero-order valence-corrected chi connectivity index (χ0v) is 15.1. The Hall–Kier alpha value is -2.61. The van der Waals surface area contributed by atoms with Crippen LogP contribution >= 0.6 is 11.3 Å². The summed E-state index contributed by atoms with van der Waals surface area (Å²) in [4.78, 5) is 19.8. The standard InChI is InChI=1S/C15H16F3N5O2S/c1-9(2)23(14(24)22(3)7-6-19)8-10-4-5-11(26-10)12-20-13(25-21-12)15(16,17)18/h4-5,9H,7-8H2,1-3H3. The van der Waals surface area contributed by atoms with Crippen LogP contribution in [0, 0.1) is 11.3 Å². The summed E-state index contributed by atoms with van der Waals surface area (Å²) in [6.07, 6.45) is -4.70. The van der Waals surface area contributed by atoms with Gasteiger partial charge in [0.05, 0.1) is 17.5 Å². The molecular formula is C15H16F3N5O2S. The molecule has 0 aliphatic carbocycles. The van der Waals surface area contributed by atoms with Gasteiger partial charge in [-0.25, -0.2) is 4.79 Å². The van der Waals surface area contributed by atoms with Crippen LogP contribution in [0.4, 0.5) is 18.0 Å². The molecule has 0 aliphatic rings. The van der Waals surface area contributed by atoms with Crippen molar-refractivity contribution in [2.75, 3.05) is 13.6 Å². The number of halogens is 3. The number of carbonyl (C=O) groups is 1. The van der Waals surface area contributed by atoms with Crippen LogP contribution in [0.5, 0.6) is 0 Å². The van der Waals surface area contributed by atoms with Gasteiger partial charge in [0.2, 0.25) is 5.82 Å². The number of thiophene rings is 1. The van der Waals surface area contributed by atoms with Crippen LogP contribution in [-0.4, -0.2) is 45.6 Å². The number of hydrogen-bond acceptors (Lipinski definition) is 6. The van der Waals surface area contributed by atoms with Gasteiger partial charge in [-0.15, -0.1) is 11.3 Å². The van der Waals surface area contributed by atoms with Crippen LogP contribution in [0.1, 0.15) is 24.6 Å². The maximum absolute atomic E-state index is 12.5. The second kappa shape index (κ2) is 7.74. The Morgan fingerprint density at radius 3 is 2.65 bits per heavy atom. The van der Waals surface area contributed by atoms with Gasteiger partial charge in [0, 0.05) is 18.0 Å². The first-order valence-corrected chi connectivity index (χ1v) is 8.33. The monoisotopic (exact) mass is 387 g/mol. The lowest BCUT2D eigenvalue weighted by Crippen LogP contribution is -2.44. The second-order valence-electron chi connectivity index (χ2n) is 5.71. The van der Waals surface area contributed by atoms with Crippen LogP contribution < -0.4 is 0 Å². The first-order chi connectivity index (χ1) is 12.1. The number of nitrogens with zero attached hydrogens (tertiary/aromatic N) is 5. The van der Waals surface area contributed by atoms with Crippen LogP contribution in [0.15, 0.2) is 16.7 Å². The Labute approximate surface area is 151 Å². The van der Waals surface area contributed by atoms with E-state index in [1.54, 1.807) is 17.0 Å². The van der Waals surface area contributed by atoms with Crippen molar-refractivity contribution in [3.63, 3.8) is 0 Å². The molecule has 0 bridgehead atoms. The highest BCUT2D eigenvalue weighted by Crippen LogP contribution is 2.32. The van der Waals surface area contributed by atoms with E-state index < -0.39 is 12.1 Å². The Bertz CT molecular complexity index is 809. The quantitative estimate of drug-likeness (QED) is 0.732. The molecule has 11 heteroatoms. The van der Waals surface area contributed by atoms with E-state index in [4.69, 9.17) is 5.26 Å². The number of rotatable bonds is 5. The van der Waals surface area contributed by atoms with Gasteiger partial charge >= 0.3 is 18.1 Å². The summed E-state index contributed by atoms with van der Waals surface area (Å²) in [6, 6.07) is 4.74. The van der Waals surface area contributed by atoms with Crippen molar-refractivity contribution < 1.29 is 22.5 Å². The number of hydrogen-bond donors (Lipinski definition) is 0. The zero-order valence-electron chi connectivity index (χ0n) is 14.2. The Morgan fingerprint density at radius 1 is 1.42 bits per heavy atom. The van der Waals surface area contributed by atoms with E-state index in [1.807, 2.05) is 19.9 Å². The van der Waals surface area contributed by atoms with Gasteiger partial charge in [0.25, 0.3) is 0 Å². The molecular weight excluding hydrogens is 371 g/mol. The van der Waals surface area contributed by atoms with Gasteiger partial charge in [0.1, 0.15) is 6.54 Å². The van der Waals surface area contributed by atoms with Crippen LogP contribution in [0.3, 0.4) is 0 Å². The van der Waals surface area contributed by atoms with Crippen molar-refractivity contribution in [1.82, 2.24) is 19.9 Å². The van der Waals surface area contributed by atoms with E-state index in [2.05, 4.69) is 14.7 Å². The van der Waals surface area contributed by atoms with Crippen molar-refractivity contribution >= 4 is 17.4 Å². The largest absolute Gasteiger partial charge is 0.471 e. The predicted molar refractivity (Wildman–Crippen MR) is 86.9 cm³/mol. The molecule has 2 rings (SSSR count). The highest BCUT2D eigenvalue weighted by atomic mass is 32.1. The minimum absolute atomic E-state index is 0.0409. The van der Waals surface area contributed by atoms with Crippen LogP contribution in [0.25, 0.3) is 10.7 Å². The van der Waals surface area contributed by atoms with Crippen molar-refractivity contribution in [1.29, 1.82) is 5.26 Å². The van der Waals surface area contributed by atoms with Gasteiger partial charge in [-0.05, 0) is 26.0 Å². The molecule has 7 nitrogen and oxygen atoms in total. The van der Waals surface area contributed by atoms with Crippen molar-refractivity contribution in [3.8, 4) is 16.8 Å². The molecule has 140 valence electrons. The highest BCUT2D eigenvalue weighted by molar-refractivity contribution is 7.15. The van der Waals surface area contributed by atoms with E-state index in [-0.39, 0.29) is 31.0 Å². The molecule has 0 radical (unpaired) electrons. The van der Waals surface area contributed by atoms with Crippen molar-refractivity contribution in [3.05, 3.63) is 22.9 Å². The number of amides is 2. The van der Waals surface area contributed by atoms with Gasteiger partial charge in [0.15, 0.2) is 0 Å². The zero-order chi connectivity index (χ0) is 19.5. The Balaban J connectivity index is 2.16. The lowest BCUT2D eigenvalue weighted by molar-refractivity contribution is -0.159. The van der Waals surface area contributed by atoms with E-state index in [1.165, 1.54) is 23.3 Å². The summed E-state index contributed by atoms with van der Waals surface area (Å²) in [5.74, 6) is -1.56. The molecule has 0 saturated carbocycles. The van der Waals surface area contributed by atoms with E-state index in [9.17, 15) is 18.0 Å². The molecule has 0 aliphatic heterocycles. The maximum Gasteiger partial charge on any atom is 0.471 e. The fraction of sp³-hybridized carbons (Fsp3) is 0.467. The minimum Gasteiger partial charge on any atom is -0.329 e. The lowest BCUT2D eigenvalue weighted by atomic mass is 10.3. The summed E-state index contributed by atoms with van der Waals surface area (Å²) in [7, 11) is 1.53. The van der Waals surface area contributed by atoms with Gasteiger partial charge in [-0.3, -0.25) is 0 Å². The fourth-order valence-electron chi connectivity index (χ4n) is 2.05. The fourth-order valence-corrected chi connectivity index (χ4v) is 2.99. The summed E-state index contributed by atoms with van der Waals surface area (Å²) in [5.41, 5.74) is 0. The van der Waals surface area contributed by atoms with Gasteiger partial charge in [-0.2, -0.15) is 23.4 Å². The van der Waals surface area contributed by atoms with E-state index in [0.717, 1.165) is 4.88 Å². The number of carbonyl (C=O) groups excluding carboxylic acids is 1. The smallest absolute Gasteiger partial charge is 0.329 e. The first kappa shape index (κ1) is 19.7. The molecule has 0 fully saturated rings. The van der Waals surface area contributed by atoms with Crippen molar-refractivity contribution in [2.45, 2.75) is 32.6 Å². The topological polar surface area (TPSA) is 86.3 Å². The van der Waals surface area contributed by atoms with Gasteiger partial charge < -0.3 is 14.3 Å². The summed E-state index contributed by atoms with van der Waals surface area (Å²) in [5, 5.41) is 12.1. The first-order valence-electron chi connectivity index (χ1n) is 7.52. The van der Waals surface area contributed by atoms with E-state index >= 15 is 0 Å². The molecule has 2 amide bonds. The predicted octanol–water partition coefficient (Wildman–Crippen LogP) is 3.60. The summed E-state index contributed by atoms with van der Waals surface area (Å²) >= 11 is 1.17. The van der Waals surface area contributed by atoms with Crippen LogP contribution in [0.2, 0.25) is 0 Å². The normalized spacial score (nSPS) is 11.5. The summed E-state index contributed by atoms with van der Waals surface area (Å²) < 4.78 is 41.9. The van der Waals surface area contributed by atoms with Crippen molar-refractivity contribution in [2.24, 2.45) is 0 Å². The lowest BCUT2D eigenvalue weighted by Gasteiger charge is -2.30. The average molecular weight is 387 g/mol. The third-order valence-corrected chi connectivity index (χ3v) is 4.45. The maximum atomic E-state index is 12.5. The molecule has 0 aromatic carbocycles. The molecule has 0 spiro atoms. The van der Waals surface area contributed by atoms with Gasteiger partial charge in [-0.1, -0.05) is 5.16 Å². The molecule has 0 unspecified atom stereocenters. The number of aromatic nitrogens is 2. The molecule has 0 atom stereocenters. The highest BCUT2D eigenvalue weighted by Gasteiger charge is 2.38. The van der Waals surface area contributed by atoms with E-state index in [0.29, 0.717) is 4.88 Å². The summed E-state index contributed by atoms with van der Waals surface area (Å²) in [6.45, 7) is 3.88.